The molecule has 0 amide bonds. The number of rotatable bonds is 6. The minimum absolute atomic E-state index is 0.162. The van der Waals surface area contributed by atoms with Gasteiger partial charge in [0, 0.05) is 19.1 Å². The number of hydrogen-bond donors (Lipinski definition) is 1. The quantitative estimate of drug-likeness (QED) is 0.825. The Morgan fingerprint density at radius 3 is 1.72 bits per heavy atom. The van der Waals surface area contributed by atoms with E-state index in [-0.39, 0.29) is 18.9 Å². The van der Waals surface area contributed by atoms with Crippen LogP contribution in [0.2, 0.25) is 0 Å². The van der Waals surface area contributed by atoms with Crippen molar-refractivity contribution in [2.75, 3.05) is 0 Å². The first kappa shape index (κ1) is 18.0. The summed E-state index contributed by atoms with van der Waals surface area (Å²) >= 11 is 0. The standard InChI is InChI=1S/C21H25F2NO/c22-20(23)21(25)13-11-19(12-14-21)24(15-17-7-3-1-4-8-17)16-18-9-5-2-6-10-18/h1-10,19-20,25H,11-16H2. The maximum atomic E-state index is 13.1. The van der Waals surface area contributed by atoms with Gasteiger partial charge in [-0.05, 0) is 36.8 Å². The molecule has 0 bridgehead atoms. The Hall–Kier alpha value is -1.78. The number of benzene rings is 2. The fraction of sp³-hybridized carbons (Fsp3) is 0.429. The second-order valence-electron chi connectivity index (χ2n) is 7.01. The van der Waals surface area contributed by atoms with Crippen LogP contribution >= 0.6 is 0 Å². The van der Waals surface area contributed by atoms with Crippen molar-refractivity contribution in [3.63, 3.8) is 0 Å². The first-order valence-electron chi connectivity index (χ1n) is 8.89. The van der Waals surface area contributed by atoms with Crippen molar-refractivity contribution < 1.29 is 13.9 Å². The molecule has 2 aromatic carbocycles. The van der Waals surface area contributed by atoms with Crippen LogP contribution in [0.25, 0.3) is 0 Å². The van der Waals surface area contributed by atoms with Crippen LogP contribution in [0.15, 0.2) is 60.7 Å². The lowest BCUT2D eigenvalue weighted by atomic mass is 9.81. The van der Waals surface area contributed by atoms with Gasteiger partial charge in [0.1, 0.15) is 5.60 Å². The lowest BCUT2D eigenvalue weighted by Gasteiger charge is -2.40. The normalized spacial score (nSPS) is 24.0. The molecular weight excluding hydrogens is 320 g/mol. The van der Waals surface area contributed by atoms with E-state index in [0.29, 0.717) is 12.8 Å². The van der Waals surface area contributed by atoms with E-state index < -0.39 is 12.0 Å². The van der Waals surface area contributed by atoms with Crippen molar-refractivity contribution in [3.8, 4) is 0 Å². The van der Waals surface area contributed by atoms with Crippen LogP contribution in [0.5, 0.6) is 0 Å². The number of alkyl halides is 2. The topological polar surface area (TPSA) is 23.5 Å². The number of halogens is 2. The predicted molar refractivity (Wildman–Crippen MR) is 95.3 cm³/mol. The molecule has 0 unspecified atom stereocenters. The Balaban J connectivity index is 1.72. The molecule has 25 heavy (non-hydrogen) atoms. The van der Waals surface area contributed by atoms with Gasteiger partial charge in [0.2, 0.25) is 0 Å². The second-order valence-corrected chi connectivity index (χ2v) is 7.01. The molecule has 1 aliphatic rings. The van der Waals surface area contributed by atoms with Gasteiger partial charge < -0.3 is 5.11 Å². The van der Waals surface area contributed by atoms with Crippen LogP contribution in [0.1, 0.15) is 36.8 Å². The summed E-state index contributed by atoms with van der Waals surface area (Å²) in [6.07, 6.45) is -1.14. The molecule has 0 aromatic heterocycles. The average Bonchev–Trinajstić information content (AvgIpc) is 2.63. The smallest absolute Gasteiger partial charge is 0.266 e. The molecule has 1 N–H and O–H groups in total. The van der Waals surface area contributed by atoms with Crippen molar-refractivity contribution in [1.29, 1.82) is 0 Å². The highest BCUT2D eigenvalue weighted by molar-refractivity contribution is 5.17. The van der Waals surface area contributed by atoms with Gasteiger partial charge in [-0.1, -0.05) is 60.7 Å². The molecule has 134 valence electrons. The van der Waals surface area contributed by atoms with Crippen LogP contribution in [-0.4, -0.2) is 28.1 Å². The zero-order chi connectivity index (χ0) is 17.7. The van der Waals surface area contributed by atoms with E-state index in [4.69, 9.17) is 0 Å². The van der Waals surface area contributed by atoms with Gasteiger partial charge in [-0.25, -0.2) is 8.78 Å². The highest BCUT2D eigenvalue weighted by Gasteiger charge is 2.42. The first-order chi connectivity index (χ1) is 12.1. The second kappa shape index (κ2) is 8.07. The van der Waals surface area contributed by atoms with Gasteiger partial charge in [0.15, 0.2) is 0 Å². The van der Waals surface area contributed by atoms with Crippen molar-refractivity contribution in [2.45, 2.75) is 56.8 Å². The molecule has 2 nitrogen and oxygen atoms in total. The van der Waals surface area contributed by atoms with Crippen molar-refractivity contribution in [2.24, 2.45) is 0 Å². The van der Waals surface area contributed by atoms with Crippen LogP contribution in [0, 0.1) is 0 Å². The summed E-state index contributed by atoms with van der Waals surface area (Å²) in [7, 11) is 0. The summed E-state index contributed by atoms with van der Waals surface area (Å²) in [5.74, 6) is 0. The number of hydrogen-bond acceptors (Lipinski definition) is 2. The fourth-order valence-electron chi connectivity index (χ4n) is 3.64. The van der Waals surface area contributed by atoms with E-state index in [1.165, 1.54) is 11.1 Å². The first-order valence-corrected chi connectivity index (χ1v) is 8.89. The summed E-state index contributed by atoms with van der Waals surface area (Å²) in [6.45, 7) is 1.57. The summed E-state index contributed by atoms with van der Waals surface area (Å²) < 4.78 is 26.1. The maximum absolute atomic E-state index is 13.1. The zero-order valence-electron chi connectivity index (χ0n) is 14.3. The van der Waals surface area contributed by atoms with Gasteiger partial charge in [-0.2, -0.15) is 0 Å². The molecule has 0 atom stereocenters. The van der Waals surface area contributed by atoms with Crippen LogP contribution in [-0.2, 0) is 13.1 Å². The molecule has 1 aliphatic carbocycles. The molecule has 1 saturated carbocycles. The van der Waals surface area contributed by atoms with Gasteiger partial charge in [0.05, 0.1) is 0 Å². The summed E-state index contributed by atoms with van der Waals surface area (Å²) in [6, 6.07) is 20.7. The van der Waals surface area contributed by atoms with Gasteiger partial charge in [-0.15, -0.1) is 0 Å². The molecule has 0 spiro atoms. The predicted octanol–water partition coefficient (Wildman–Crippen LogP) is 4.63. The van der Waals surface area contributed by atoms with Crippen LogP contribution in [0.4, 0.5) is 8.78 Å². The fourth-order valence-corrected chi connectivity index (χ4v) is 3.64. The van der Waals surface area contributed by atoms with Crippen LogP contribution in [0.3, 0.4) is 0 Å². The van der Waals surface area contributed by atoms with E-state index >= 15 is 0 Å². The van der Waals surface area contributed by atoms with Crippen molar-refractivity contribution >= 4 is 0 Å². The number of nitrogens with zero attached hydrogens (tertiary/aromatic N) is 1. The van der Waals surface area contributed by atoms with Crippen molar-refractivity contribution in [3.05, 3.63) is 71.8 Å². The lowest BCUT2D eigenvalue weighted by Crippen LogP contribution is -2.46. The third-order valence-electron chi connectivity index (χ3n) is 5.20. The van der Waals surface area contributed by atoms with E-state index in [2.05, 4.69) is 29.2 Å². The molecule has 0 aliphatic heterocycles. The molecule has 2 aromatic rings. The Morgan fingerprint density at radius 1 is 0.880 bits per heavy atom. The molecule has 4 heteroatoms. The van der Waals surface area contributed by atoms with Crippen molar-refractivity contribution in [1.82, 2.24) is 4.90 Å². The Morgan fingerprint density at radius 2 is 1.32 bits per heavy atom. The third kappa shape index (κ3) is 4.65. The monoisotopic (exact) mass is 345 g/mol. The van der Waals surface area contributed by atoms with E-state index in [1.807, 2.05) is 36.4 Å². The lowest BCUT2D eigenvalue weighted by molar-refractivity contribution is -0.126. The molecule has 1 fully saturated rings. The minimum Gasteiger partial charge on any atom is -0.384 e. The maximum Gasteiger partial charge on any atom is 0.266 e. The summed E-state index contributed by atoms with van der Waals surface area (Å²) in [4.78, 5) is 2.36. The Bertz CT molecular complexity index is 598. The van der Waals surface area contributed by atoms with Gasteiger partial charge in [-0.3, -0.25) is 4.90 Å². The number of aliphatic hydroxyl groups is 1. The SMILES string of the molecule is OC1(C(F)F)CCC(N(Cc2ccccc2)Cc2ccccc2)CC1. The highest BCUT2D eigenvalue weighted by Crippen LogP contribution is 2.36. The molecule has 0 radical (unpaired) electrons. The van der Waals surface area contributed by atoms with Crippen LogP contribution < -0.4 is 0 Å². The molecule has 0 heterocycles. The van der Waals surface area contributed by atoms with E-state index in [9.17, 15) is 13.9 Å². The minimum atomic E-state index is -2.66. The Kier molecular flexibility index (Phi) is 5.82. The van der Waals surface area contributed by atoms with E-state index in [1.54, 1.807) is 0 Å². The molecule has 0 saturated heterocycles. The third-order valence-corrected chi connectivity index (χ3v) is 5.20. The average molecular weight is 345 g/mol. The zero-order valence-corrected chi connectivity index (χ0v) is 14.3. The van der Waals surface area contributed by atoms with E-state index in [0.717, 1.165) is 13.1 Å². The summed E-state index contributed by atoms with van der Waals surface area (Å²) in [5, 5.41) is 10.1. The Labute approximate surface area is 148 Å². The largest absolute Gasteiger partial charge is 0.384 e. The summed E-state index contributed by atoms with van der Waals surface area (Å²) in [5.41, 5.74) is 0.628. The molecular formula is C21H25F2NO. The highest BCUT2D eigenvalue weighted by atomic mass is 19.3. The molecule has 3 rings (SSSR count). The van der Waals surface area contributed by atoms with Gasteiger partial charge >= 0.3 is 0 Å². The van der Waals surface area contributed by atoms with Gasteiger partial charge in [0.25, 0.3) is 6.43 Å².